The Bertz CT molecular complexity index is 640. The van der Waals surface area contributed by atoms with Gasteiger partial charge in [-0.15, -0.1) is 0 Å². The number of ketones is 1. The van der Waals surface area contributed by atoms with Crippen molar-refractivity contribution >= 4 is 17.3 Å². The molecule has 0 radical (unpaired) electrons. The Labute approximate surface area is 112 Å². The first kappa shape index (κ1) is 13.3. The Morgan fingerprint density at radius 1 is 1.32 bits per heavy atom. The number of Topliss-reactive ketones (excluding diaryl/α,β-unsaturated/α-hetero) is 1. The second-order valence-electron chi connectivity index (χ2n) is 4.43. The molecule has 19 heavy (non-hydrogen) atoms. The van der Waals surface area contributed by atoms with Crippen LogP contribution in [0.1, 0.15) is 35.5 Å². The number of nitrogens with zero attached hydrogens (tertiary/aromatic N) is 1. The van der Waals surface area contributed by atoms with Gasteiger partial charge in [0.1, 0.15) is 0 Å². The number of fused-ring (bicyclic) bond motifs is 1. The van der Waals surface area contributed by atoms with E-state index in [9.17, 15) is 9.59 Å². The lowest BCUT2D eigenvalue weighted by Crippen LogP contribution is -2.10. The first-order valence-electron chi connectivity index (χ1n) is 6.31. The summed E-state index contributed by atoms with van der Waals surface area (Å²) in [7, 11) is 0. The summed E-state index contributed by atoms with van der Waals surface area (Å²) in [4.78, 5) is 23.5. The van der Waals surface area contributed by atoms with E-state index in [1.54, 1.807) is 6.92 Å². The molecule has 2 rings (SSSR count). The van der Waals surface area contributed by atoms with Crippen LogP contribution in [0.15, 0.2) is 24.4 Å². The van der Waals surface area contributed by atoms with E-state index in [2.05, 4.69) is 0 Å². The van der Waals surface area contributed by atoms with E-state index < -0.39 is 0 Å². The molecule has 4 nitrogen and oxygen atoms in total. The minimum Gasteiger partial charge on any atom is -0.466 e. The molecule has 2 heterocycles. The lowest BCUT2D eigenvalue weighted by Gasteiger charge is -2.03. The summed E-state index contributed by atoms with van der Waals surface area (Å²) in [6.45, 7) is 5.53. The van der Waals surface area contributed by atoms with Gasteiger partial charge in [-0.3, -0.25) is 9.59 Å². The smallest absolute Gasteiger partial charge is 0.310 e. The number of carbonyl (C=O) groups is 2. The van der Waals surface area contributed by atoms with Gasteiger partial charge in [0, 0.05) is 23.0 Å². The quantitative estimate of drug-likeness (QED) is 0.626. The van der Waals surface area contributed by atoms with E-state index in [-0.39, 0.29) is 18.2 Å². The van der Waals surface area contributed by atoms with Crippen molar-refractivity contribution in [3.8, 4) is 0 Å². The third-order valence-electron chi connectivity index (χ3n) is 3.17. The molecule has 0 aliphatic rings. The standard InChI is InChI=1S/C15H17NO3/c1-4-19-14(18)9-12-13-7-5-6-8-16(13)10(2)15(12)11(3)17/h5-8H,4,9H2,1-3H3. The van der Waals surface area contributed by atoms with Gasteiger partial charge in [-0.2, -0.15) is 0 Å². The molecule has 2 aromatic rings. The van der Waals surface area contributed by atoms with Crippen LogP contribution >= 0.6 is 0 Å². The highest BCUT2D eigenvalue weighted by Crippen LogP contribution is 2.24. The second kappa shape index (κ2) is 5.26. The largest absolute Gasteiger partial charge is 0.466 e. The summed E-state index contributed by atoms with van der Waals surface area (Å²) in [5.41, 5.74) is 3.13. The molecule has 0 aliphatic carbocycles. The van der Waals surface area contributed by atoms with Gasteiger partial charge in [-0.05, 0) is 38.5 Å². The van der Waals surface area contributed by atoms with Crippen molar-refractivity contribution in [2.75, 3.05) is 6.61 Å². The number of pyridine rings is 1. The average Bonchev–Trinajstić information content (AvgIpc) is 2.64. The zero-order valence-corrected chi connectivity index (χ0v) is 11.4. The van der Waals surface area contributed by atoms with Gasteiger partial charge in [0.05, 0.1) is 13.0 Å². The van der Waals surface area contributed by atoms with Crippen LogP contribution in [0, 0.1) is 6.92 Å². The van der Waals surface area contributed by atoms with Gasteiger partial charge in [-0.25, -0.2) is 0 Å². The van der Waals surface area contributed by atoms with Crippen LogP contribution in [0.4, 0.5) is 0 Å². The first-order chi connectivity index (χ1) is 9.06. The molecule has 0 N–H and O–H groups in total. The summed E-state index contributed by atoms with van der Waals surface area (Å²) >= 11 is 0. The van der Waals surface area contributed by atoms with E-state index >= 15 is 0 Å². The second-order valence-corrected chi connectivity index (χ2v) is 4.43. The zero-order chi connectivity index (χ0) is 14.0. The van der Waals surface area contributed by atoms with Gasteiger partial charge >= 0.3 is 5.97 Å². The van der Waals surface area contributed by atoms with Gasteiger partial charge < -0.3 is 9.14 Å². The predicted octanol–water partition coefficient (Wildman–Crippen LogP) is 2.56. The SMILES string of the molecule is CCOC(=O)Cc1c(C(C)=O)c(C)n2ccccc12. The van der Waals surface area contributed by atoms with Crippen LogP contribution in [-0.2, 0) is 16.0 Å². The summed E-state index contributed by atoms with van der Waals surface area (Å²) < 4.78 is 6.92. The minimum absolute atomic E-state index is 0.0273. The van der Waals surface area contributed by atoms with Gasteiger partial charge in [0.25, 0.3) is 0 Å². The van der Waals surface area contributed by atoms with Crippen LogP contribution in [0.5, 0.6) is 0 Å². The van der Waals surface area contributed by atoms with Crippen molar-refractivity contribution in [1.82, 2.24) is 4.40 Å². The minimum atomic E-state index is -0.304. The maximum Gasteiger partial charge on any atom is 0.310 e. The monoisotopic (exact) mass is 259 g/mol. The molecule has 0 saturated carbocycles. The highest BCUT2D eigenvalue weighted by molar-refractivity contribution is 6.00. The highest BCUT2D eigenvalue weighted by Gasteiger charge is 2.20. The lowest BCUT2D eigenvalue weighted by atomic mass is 10.0. The van der Waals surface area contributed by atoms with E-state index in [1.165, 1.54) is 6.92 Å². The number of carbonyl (C=O) groups excluding carboxylic acids is 2. The predicted molar refractivity (Wildman–Crippen MR) is 72.5 cm³/mol. The van der Waals surface area contributed by atoms with Gasteiger partial charge in [0.2, 0.25) is 0 Å². The van der Waals surface area contributed by atoms with Crippen molar-refractivity contribution in [2.45, 2.75) is 27.2 Å². The summed E-state index contributed by atoms with van der Waals surface area (Å²) in [5, 5.41) is 0. The molecule has 0 saturated heterocycles. The summed E-state index contributed by atoms with van der Waals surface area (Å²) in [6, 6.07) is 5.71. The number of aryl methyl sites for hydroxylation is 1. The average molecular weight is 259 g/mol. The van der Waals surface area contributed by atoms with Crippen molar-refractivity contribution in [3.05, 3.63) is 41.2 Å². The maximum absolute atomic E-state index is 11.8. The van der Waals surface area contributed by atoms with Crippen LogP contribution < -0.4 is 0 Å². The molecule has 2 aromatic heterocycles. The Morgan fingerprint density at radius 3 is 2.68 bits per heavy atom. The number of hydrogen-bond donors (Lipinski definition) is 0. The third-order valence-corrected chi connectivity index (χ3v) is 3.17. The number of hydrogen-bond acceptors (Lipinski definition) is 3. The van der Waals surface area contributed by atoms with E-state index in [4.69, 9.17) is 4.74 Å². The maximum atomic E-state index is 11.8. The van der Waals surface area contributed by atoms with Gasteiger partial charge in [-0.1, -0.05) is 6.07 Å². The number of rotatable bonds is 4. The van der Waals surface area contributed by atoms with Crippen LogP contribution in [0.25, 0.3) is 5.52 Å². The molecule has 0 aromatic carbocycles. The Balaban J connectivity index is 2.59. The number of aromatic nitrogens is 1. The summed E-state index contributed by atoms with van der Waals surface area (Å²) in [5.74, 6) is -0.332. The molecule has 0 amide bonds. The molecule has 0 atom stereocenters. The Kier molecular flexibility index (Phi) is 3.69. The summed E-state index contributed by atoms with van der Waals surface area (Å²) in [6.07, 6.45) is 2.02. The van der Waals surface area contributed by atoms with Gasteiger partial charge in [0.15, 0.2) is 5.78 Å². The van der Waals surface area contributed by atoms with Crippen molar-refractivity contribution in [3.63, 3.8) is 0 Å². The van der Waals surface area contributed by atoms with Crippen LogP contribution in [-0.4, -0.2) is 22.8 Å². The normalized spacial score (nSPS) is 10.7. The Morgan fingerprint density at radius 2 is 2.05 bits per heavy atom. The molecule has 0 bridgehead atoms. The van der Waals surface area contributed by atoms with Crippen molar-refractivity contribution in [1.29, 1.82) is 0 Å². The number of ether oxygens (including phenoxy) is 1. The fraction of sp³-hybridized carbons (Fsp3) is 0.333. The zero-order valence-electron chi connectivity index (χ0n) is 11.4. The van der Waals surface area contributed by atoms with E-state index in [0.717, 1.165) is 16.8 Å². The molecule has 0 spiro atoms. The van der Waals surface area contributed by atoms with E-state index in [1.807, 2.05) is 35.7 Å². The molecule has 4 heteroatoms. The number of esters is 1. The Hall–Kier alpha value is -2.10. The molecular formula is C15H17NO3. The molecule has 0 aliphatic heterocycles. The van der Waals surface area contributed by atoms with Crippen molar-refractivity contribution < 1.29 is 14.3 Å². The molecule has 100 valence electrons. The topological polar surface area (TPSA) is 47.8 Å². The molecule has 0 fully saturated rings. The lowest BCUT2D eigenvalue weighted by molar-refractivity contribution is -0.142. The van der Waals surface area contributed by atoms with E-state index in [0.29, 0.717) is 12.2 Å². The van der Waals surface area contributed by atoms with Crippen molar-refractivity contribution in [2.24, 2.45) is 0 Å². The fourth-order valence-corrected chi connectivity index (χ4v) is 2.45. The third kappa shape index (κ3) is 2.38. The highest BCUT2D eigenvalue weighted by atomic mass is 16.5. The van der Waals surface area contributed by atoms with Crippen LogP contribution in [0.2, 0.25) is 0 Å². The first-order valence-corrected chi connectivity index (χ1v) is 6.31. The van der Waals surface area contributed by atoms with Crippen LogP contribution in [0.3, 0.4) is 0 Å². The molecule has 0 unspecified atom stereocenters. The fourth-order valence-electron chi connectivity index (χ4n) is 2.45. The molecular weight excluding hydrogens is 242 g/mol.